The number of likely N-dealkylation sites (tertiary alicyclic amines) is 1. The van der Waals surface area contributed by atoms with Crippen molar-refractivity contribution in [2.45, 2.75) is 18.6 Å². The van der Waals surface area contributed by atoms with Crippen molar-refractivity contribution in [2.75, 3.05) is 20.1 Å². The number of carbonyl (C=O) groups excluding carboxylic acids is 1. The molecule has 0 saturated carbocycles. The van der Waals surface area contributed by atoms with Gasteiger partial charge >= 0.3 is 0 Å². The standard InChI is InChI=1S/C8H12FN3O/c1-12-5-6(9)4-7(12)8(13)11-3-2-10/h6-7H,3-5H2,1H3,(H,11,13)/t6-,7+/m1/s1. The molecule has 0 spiro atoms. The van der Waals surface area contributed by atoms with E-state index >= 15 is 0 Å². The fraction of sp³-hybridized carbons (Fsp3) is 0.750. The second kappa shape index (κ2) is 4.19. The molecule has 1 amide bonds. The van der Waals surface area contributed by atoms with E-state index in [1.807, 2.05) is 0 Å². The molecule has 0 bridgehead atoms. The quantitative estimate of drug-likeness (QED) is 0.599. The molecule has 1 rings (SSSR count). The van der Waals surface area contributed by atoms with Crippen LogP contribution in [0, 0.1) is 11.3 Å². The number of alkyl halides is 1. The molecule has 0 aromatic rings. The lowest BCUT2D eigenvalue weighted by atomic mass is 10.2. The minimum Gasteiger partial charge on any atom is -0.342 e. The first-order chi connectivity index (χ1) is 6.15. The Hall–Kier alpha value is -1.15. The highest BCUT2D eigenvalue weighted by Gasteiger charge is 2.34. The zero-order valence-electron chi connectivity index (χ0n) is 7.46. The van der Waals surface area contributed by atoms with Crippen LogP contribution in [0.5, 0.6) is 0 Å². The Morgan fingerprint density at radius 2 is 2.54 bits per heavy atom. The molecule has 13 heavy (non-hydrogen) atoms. The lowest BCUT2D eigenvalue weighted by Crippen LogP contribution is -2.41. The number of halogens is 1. The molecule has 1 aliphatic rings. The molecule has 0 aromatic heterocycles. The first kappa shape index (κ1) is 9.93. The van der Waals surface area contributed by atoms with Gasteiger partial charge in [0.05, 0.1) is 12.1 Å². The van der Waals surface area contributed by atoms with Crippen LogP contribution in [0.3, 0.4) is 0 Å². The zero-order chi connectivity index (χ0) is 9.84. The molecule has 1 aliphatic heterocycles. The number of carbonyl (C=O) groups is 1. The highest BCUT2D eigenvalue weighted by molar-refractivity contribution is 5.82. The van der Waals surface area contributed by atoms with Crippen LogP contribution in [0.25, 0.3) is 0 Å². The monoisotopic (exact) mass is 185 g/mol. The van der Waals surface area contributed by atoms with E-state index in [4.69, 9.17) is 5.26 Å². The van der Waals surface area contributed by atoms with E-state index in [2.05, 4.69) is 5.32 Å². The molecule has 1 heterocycles. The number of hydrogen-bond donors (Lipinski definition) is 1. The molecule has 0 aliphatic carbocycles. The maximum atomic E-state index is 12.8. The lowest BCUT2D eigenvalue weighted by Gasteiger charge is -2.16. The van der Waals surface area contributed by atoms with Crippen molar-refractivity contribution in [1.82, 2.24) is 10.2 Å². The van der Waals surface area contributed by atoms with E-state index in [0.29, 0.717) is 6.54 Å². The predicted molar refractivity (Wildman–Crippen MR) is 44.6 cm³/mol. The molecule has 1 N–H and O–H groups in total. The van der Waals surface area contributed by atoms with Gasteiger partial charge in [-0.05, 0) is 7.05 Å². The van der Waals surface area contributed by atoms with E-state index in [-0.39, 0.29) is 18.9 Å². The molecular formula is C8H12FN3O. The number of likely N-dealkylation sites (N-methyl/N-ethyl adjacent to an activating group) is 1. The molecular weight excluding hydrogens is 173 g/mol. The van der Waals surface area contributed by atoms with Gasteiger partial charge in [0.2, 0.25) is 5.91 Å². The van der Waals surface area contributed by atoms with Crippen LogP contribution in [0.4, 0.5) is 4.39 Å². The molecule has 0 unspecified atom stereocenters. The number of amides is 1. The van der Waals surface area contributed by atoms with Crippen LogP contribution < -0.4 is 5.32 Å². The summed E-state index contributed by atoms with van der Waals surface area (Å²) in [5.41, 5.74) is 0. The minimum atomic E-state index is -0.928. The van der Waals surface area contributed by atoms with Crippen molar-refractivity contribution in [2.24, 2.45) is 0 Å². The summed E-state index contributed by atoms with van der Waals surface area (Å²) >= 11 is 0. The summed E-state index contributed by atoms with van der Waals surface area (Å²) in [6.07, 6.45) is -0.698. The van der Waals surface area contributed by atoms with Gasteiger partial charge < -0.3 is 5.32 Å². The van der Waals surface area contributed by atoms with Crippen LogP contribution in [-0.4, -0.2) is 43.2 Å². The molecule has 1 saturated heterocycles. The molecule has 4 nitrogen and oxygen atoms in total. The summed E-state index contributed by atoms with van der Waals surface area (Å²) in [6.45, 7) is 0.283. The maximum absolute atomic E-state index is 12.8. The second-order valence-corrected chi connectivity index (χ2v) is 3.16. The van der Waals surface area contributed by atoms with Crippen LogP contribution in [0.1, 0.15) is 6.42 Å². The minimum absolute atomic E-state index is 0.0138. The Bertz CT molecular complexity index is 238. The van der Waals surface area contributed by atoms with Crippen molar-refractivity contribution in [3.63, 3.8) is 0 Å². The first-order valence-electron chi connectivity index (χ1n) is 4.14. The third-order valence-electron chi connectivity index (χ3n) is 2.14. The Balaban J connectivity index is 2.43. The summed E-state index contributed by atoms with van der Waals surface area (Å²) in [7, 11) is 1.70. The third-order valence-corrected chi connectivity index (χ3v) is 2.14. The highest BCUT2D eigenvalue weighted by Crippen LogP contribution is 2.18. The lowest BCUT2D eigenvalue weighted by molar-refractivity contribution is -0.124. The van der Waals surface area contributed by atoms with Crippen LogP contribution in [-0.2, 0) is 4.79 Å². The number of hydrogen-bond acceptors (Lipinski definition) is 3. The van der Waals surface area contributed by atoms with E-state index in [1.54, 1.807) is 18.0 Å². The summed E-state index contributed by atoms with van der Waals surface area (Å²) in [5, 5.41) is 10.6. The topological polar surface area (TPSA) is 56.1 Å². The highest BCUT2D eigenvalue weighted by atomic mass is 19.1. The van der Waals surface area contributed by atoms with Crippen molar-refractivity contribution in [3.05, 3.63) is 0 Å². The first-order valence-corrected chi connectivity index (χ1v) is 4.14. The van der Waals surface area contributed by atoms with Gasteiger partial charge in [-0.2, -0.15) is 5.26 Å². The van der Waals surface area contributed by atoms with E-state index in [1.165, 1.54) is 0 Å². The average Bonchev–Trinajstić information content (AvgIpc) is 2.41. The van der Waals surface area contributed by atoms with Gasteiger partial charge in [-0.3, -0.25) is 9.69 Å². The molecule has 2 atom stereocenters. The van der Waals surface area contributed by atoms with Crippen LogP contribution >= 0.6 is 0 Å². The van der Waals surface area contributed by atoms with Crippen molar-refractivity contribution in [1.29, 1.82) is 5.26 Å². The largest absolute Gasteiger partial charge is 0.342 e. The third kappa shape index (κ3) is 2.39. The number of nitrogens with one attached hydrogen (secondary N) is 1. The SMILES string of the molecule is CN1C[C@H](F)C[C@H]1C(=O)NCC#N. The molecule has 1 fully saturated rings. The zero-order valence-corrected chi connectivity index (χ0v) is 7.46. The second-order valence-electron chi connectivity index (χ2n) is 3.16. The van der Waals surface area contributed by atoms with Crippen molar-refractivity contribution < 1.29 is 9.18 Å². The van der Waals surface area contributed by atoms with Crippen molar-refractivity contribution >= 4 is 5.91 Å². The van der Waals surface area contributed by atoms with Crippen LogP contribution in [0.2, 0.25) is 0 Å². The van der Waals surface area contributed by atoms with Gasteiger partial charge in [-0.15, -0.1) is 0 Å². The van der Waals surface area contributed by atoms with Gasteiger partial charge in [0, 0.05) is 13.0 Å². The van der Waals surface area contributed by atoms with Gasteiger partial charge in [-0.1, -0.05) is 0 Å². The number of rotatable bonds is 2. The molecule has 0 radical (unpaired) electrons. The molecule has 0 aromatic carbocycles. The normalized spacial score (nSPS) is 28.4. The van der Waals surface area contributed by atoms with Gasteiger partial charge in [0.15, 0.2) is 0 Å². The summed E-state index contributed by atoms with van der Waals surface area (Å²) in [4.78, 5) is 13.0. The Morgan fingerprint density at radius 1 is 1.85 bits per heavy atom. The Labute approximate surface area is 76.3 Å². The fourth-order valence-corrected chi connectivity index (χ4v) is 1.49. The Kier molecular flexibility index (Phi) is 3.20. The Morgan fingerprint density at radius 3 is 3.00 bits per heavy atom. The van der Waals surface area contributed by atoms with Gasteiger partial charge in [0.25, 0.3) is 0 Å². The van der Waals surface area contributed by atoms with Gasteiger partial charge in [0.1, 0.15) is 12.7 Å². The van der Waals surface area contributed by atoms with E-state index in [9.17, 15) is 9.18 Å². The molecule has 5 heteroatoms. The summed E-state index contributed by atoms with van der Waals surface area (Å²) < 4.78 is 12.8. The van der Waals surface area contributed by atoms with Crippen LogP contribution in [0.15, 0.2) is 0 Å². The predicted octanol–water partition coefficient (Wildman–Crippen LogP) is -0.332. The van der Waals surface area contributed by atoms with Gasteiger partial charge in [-0.25, -0.2) is 4.39 Å². The average molecular weight is 185 g/mol. The fourth-order valence-electron chi connectivity index (χ4n) is 1.49. The summed E-state index contributed by atoms with van der Waals surface area (Å²) in [5.74, 6) is -0.260. The van der Waals surface area contributed by atoms with E-state index in [0.717, 1.165) is 0 Å². The summed E-state index contributed by atoms with van der Waals surface area (Å²) in [6, 6.07) is 1.39. The number of nitriles is 1. The smallest absolute Gasteiger partial charge is 0.238 e. The maximum Gasteiger partial charge on any atom is 0.238 e. The molecule has 72 valence electrons. The van der Waals surface area contributed by atoms with Crippen molar-refractivity contribution in [3.8, 4) is 6.07 Å². The van der Waals surface area contributed by atoms with E-state index < -0.39 is 12.2 Å². The number of nitrogens with zero attached hydrogens (tertiary/aromatic N) is 2.